The van der Waals surface area contributed by atoms with Crippen LogP contribution in [0.4, 0.5) is 5.13 Å². The topological polar surface area (TPSA) is 230 Å². The predicted octanol–water partition coefficient (Wildman–Crippen LogP) is -0.0455. The van der Waals surface area contributed by atoms with Gasteiger partial charge in [0.1, 0.15) is 41.2 Å². The number of anilines is 1. The number of thioether (sulfide) groups is 1. The minimum Gasteiger partial charge on any atom is -0.481 e. The van der Waals surface area contributed by atoms with Crippen LogP contribution >= 0.6 is 23.3 Å². The number of ether oxygens (including phenoxy) is 2. The van der Waals surface area contributed by atoms with Gasteiger partial charge in [0.05, 0.1) is 0 Å². The highest BCUT2D eigenvalue weighted by molar-refractivity contribution is 8.00. The van der Waals surface area contributed by atoms with Crippen molar-refractivity contribution in [2.24, 2.45) is 10.6 Å². The molecular formula is C24H32N6O10S2. The molecule has 0 radical (unpaired) electrons. The average Bonchev–Trinajstić information content (AvgIpc) is 3.30. The van der Waals surface area contributed by atoms with E-state index in [0.29, 0.717) is 0 Å². The summed E-state index contributed by atoms with van der Waals surface area (Å²) < 4.78 is 14.3. The minimum atomic E-state index is -1.61. The number of aromatic nitrogens is 2. The van der Waals surface area contributed by atoms with Crippen LogP contribution in [0.15, 0.2) is 5.16 Å². The SMILES string of the molecule is CC(=O)CC(=O)OCC1(C(=O)O)CS[C@@H]2C(NC(=O)C(=NOC(C)(C)C(=O)OC(C)(C)C)c3nsc(N)n3)C(=O)N2C1. The number of nitrogens with one attached hydrogen (secondary N) is 1. The number of β-lactam (4-membered cyclic amide) rings is 1. The molecule has 4 N–H and O–H groups in total. The second kappa shape index (κ2) is 12.2. The van der Waals surface area contributed by atoms with E-state index in [9.17, 15) is 33.9 Å². The number of hydrogen-bond acceptors (Lipinski definition) is 15. The maximum absolute atomic E-state index is 13.3. The summed E-state index contributed by atoms with van der Waals surface area (Å²) in [6.07, 6.45) is -0.496. The van der Waals surface area contributed by atoms with E-state index in [4.69, 9.17) is 20.0 Å². The van der Waals surface area contributed by atoms with Gasteiger partial charge in [0, 0.05) is 23.8 Å². The Labute approximate surface area is 248 Å². The number of carboxylic acids is 1. The van der Waals surface area contributed by atoms with Gasteiger partial charge in [-0.2, -0.15) is 9.36 Å². The minimum absolute atomic E-state index is 0.0275. The molecule has 2 aliphatic rings. The van der Waals surface area contributed by atoms with E-state index in [-0.39, 0.29) is 23.3 Å². The monoisotopic (exact) mass is 628 g/mol. The maximum Gasteiger partial charge on any atom is 0.353 e. The van der Waals surface area contributed by atoms with Gasteiger partial charge >= 0.3 is 17.9 Å². The lowest BCUT2D eigenvalue weighted by molar-refractivity contribution is -0.179. The molecule has 0 saturated carbocycles. The standard InChI is InChI=1S/C24H32N6O10S2/c1-11(31)7-12(32)38-9-24(19(35)36)8-30-17(34)14(18(30)41-10-24)26-16(33)13(15-27-21(25)42-29-15)28-40-23(5,6)20(37)39-22(2,3)4/h14,18H,7-10H2,1-6H3,(H,26,33)(H,35,36)(H2,25,27,29)/t14?,18-,24?/m1/s1. The average molecular weight is 629 g/mol. The zero-order chi connectivity index (χ0) is 31.6. The Morgan fingerprint density at radius 2 is 1.88 bits per heavy atom. The highest BCUT2D eigenvalue weighted by Gasteiger charge is 2.58. The number of oxime groups is 1. The number of Topliss-reactive ketones (excluding diaryl/α,β-unsaturated/α-hetero) is 1. The molecule has 0 spiro atoms. The molecule has 16 nitrogen and oxygen atoms in total. The van der Waals surface area contributed by atoms with Gasteiger partial charge in [0.15, 0.2) is 5.13 Å². The Bertz CT molecular complexity index is 1320. The number of aliphatic carboxylic acids is 1. The van der Waals surface area contributed by atoms with Crippen molar-refractivity contribution in [2.45, 2.75) is 70.6 Å². The Kier molecular flexibility index (Phi) is 9.51. The highest BCUT2D eigenvalue weighted by Crippen LogP contribution is 2.42. The fourth-order valence-electron chi connectivity index (χ4n) is 3.70. The predicted molar refractivity (Wildman–Crippen MR) is 148 cm³/mol. The first-order valence-corrected chi connectivity index (χ1v) is 14.4. The molecule has 2 unspecified atom stereocenters. The van der Waals surface area contributed by atoms with Crippen LogP contribution in [0.3, 0.4) is 0 Å². The van der Waals surface area contributed by atoms with Gasteiger partial charge < -0.3 is 35.4 Å². The number of hydrogen-bond donors (Lipinski definition) is 3. The molecule has 18 heteroatoms. The van der Waals surface area contributed by atoms with Gasteiger partial charge in [-0.15, -0.1) is 11.8 Å². The molecule has 1 aromatic rings. The summed E-state index contributed by atoms with van der Waals surface area (Å²) in [6, 6.07) is -1.06. The molecule has 3 rings (SSSR count). The van der Waals surface area contributed by atoms with Crippen LogP contribution in [-0.4, -0.2) is 102 Å². The van der Waals surface area contributed by atoms with Crippen LogP contribution in [0.5, 0.6) is 0 Å². The van der Waals surface area contributed by atoms with Crippen molar-refractivity contribution in [1.29, 1.82) is 0 Å². The fourth-order valence-corrected chi connectivity index (χ4v) is 5.66. The second-order valence-electron chi connectivity index (χ2n) is 11.2. The van der Waals surface area contributed by atoms with Crippen molar-refractivity contribution in [3.63, 3.8) is 0 Å². The Morgan fingerprint density at radius 3 is 2.43 bits per heavy atom. The molecule has 3 atom stereocenters. The van der Waals surface area contributed by atoms with Gasteiger partial charge in [-0.25, -0.2) is 4.79 Å². The number of amides is 2. The first-order chi connectivity index (χ1) is 19.3. The summed E-state index contributed by atoms with van der Waals surface area (Å²) in [5, 5.41) is 15.6. The molecule has 0 aromatic carbocycles. The maximum atomic E-state index is 13.3. The third-order valence-electron chi connectivity index (χ3n) is 5.91. The Hall–Kier alpha value is -3.80. The van der Waals surface area contributed by atoms with Crippen LogP contribution in [0, 0.1) is 5.41 Å². The molecule has 230 valence electrons. The molecule has 42 heavy (non-hydrogen) atoms. The number of nitrogens with zero attached hydrogens (tertiary/aromatic N) is 4. The fraction of sp³-hybridized carbons (Fsp3) is 0.625. The number of esters is 2. The van der Waals surface area contributed by atoms with E-state index >= 15 is 0 Å². The molecule has 3 heterocycles. The Balaban J connectivity index is 1.73. The molecule has 0 bridgehead atoms. The van der Waals surface area contributed by atoms with Crippen molar-refractivity contribution in [3.05, 3.63) is 5.82 Å². The van der Waals surface area contributed by atoms with Crippen molar-refractivity contribution in [3.8, 4) is 0 Å². The lowest BCUT2D eigenvalue weighted by atomic mass is 9.88. The molecular weight excluding hydrogens is 596 g/mol. The van der Waals surface area contributed by atoms with Crippen LogP contribution in [-0.2, 0) is 43.1 Å². The first-order valence-electron chi connectivity index (χ1n) is 12.6. The number of carbonyl (C=O) groups excluding carboxylic acids is 5. The number of nitrogen functional groups attached to an aromatic ring is 1. The molecule has 1 aromatic heterocycles. The van der Waals surface area contributed by atoms with Crippen molar-refractivity contribution >= 4 is 69.6 Å². The van der Waals surface area contributed by atoms with E-state index in [1.807, 2.05) is 0 Å². The number of ketones is 1. The number of carboxylic acid groups (broad SMARTS) is 1. The van der Waals surface area contributed by atoms with Gasteiger partial charge in [-0.1, -0.05) is 5.16 Å². The van der Waals surface area contributed by atoms with Gasteiger partial charge in [0.25, 0.3) is 5.91 Å². The smallest absolute Gasteiger partial charge is 0.353 e. The quantitative estimate of drug-likeness (QED) is 0.0960. The van der Waals surface area contributed by atoms with E-state index in [0.717, 1.165) is 23.3 Å². The van der Waals surface area contributed by atoms with Crippen molar-refractivity contribution in [2.75, 3.05) is 24.6 Å². The number of rotatable bonds is 11. The summed E-state index contributed by atoms with van der Waals surface area (Å²) in [6.45, 7) is 8.19. The zero-order valence-electron chi connectivity index (χ0n) is 23.8. The van der Waals surface area contributed by atoms with E-state index in [2.05, 4.69) is 19.8 Å². The first kappa shape index (κ1) is 32.7. The molecule has 2 amide bonds. The normalized spacial score (nSPS) is 22.4. The summed E-state index contributed by atoms with van der Waals surface area (Å²) >= 11 is 1.86. The van der Waals surface area contributed by atoms with Crippen LogP contribution in [0.1, 0.15) is 53.8 Å². The van der Waals surface area contributed by atoms with Gasteiger partial charge in [0.2, 0.25) is 23.0 Å². The zero-order valence-corrected chi connectivity index (χ0v) is 25.4. The second-order valence-corrected chi connectivity index (χ2v) is 13.1. The molecule has 2 fully saturated rings. The van der Waals surface area contributed by atoms with Crippen molar-refractivity contribution in [1.82, 2.24) is 19.6 Å². The third-order valence-corrected chi connectivity index (χ3v) is 8.04. The van der Waals surface area contributed by atoms with Gasteiger partial charge in [-0.05, 0) is 41.5 Å². The van der Waals surface area contributed by atoms with Crippen LogP contribution in [0.2, 0.25) is 0 Å². The lowest BCUT2D eigenvalue weighted by Crippen LogP contribution is -2.74. The van der Waals surface area contributed by atoms with E-state index < -0.39 is 82.3 Å². The van der Waals surface area contributed by atoms with Crippen molar-refractivity contribution < 1.29 is 48.2 Å². The number of fused-ring (bicyclic) bond motifs is 1. The summed E-state index contributed by atoms with van der Waals surface area (Å²) in [7, 11) is 0. The third kappa shape index (κ3) is 7.53. The Morgan fingerprint density at radius 1 is 1.21 bits per heavy atom. The van der Waals surface area contributed by atoms with E-state index in [1.54, 1.807) is 20.8 Å². The summed E-state index contributed by atoms with van der Waals surface area (Å²) in [5.41, 5.74) is 1.18. The number of nitrogens with two attached hydrogens (primary N) is 1. The lowest BCUT2D eigenvalue weighted by Gasteiger charge is -2.53. The van der Waals surface area contributed by atoms with Gasteiger partial charge in [-0.3, -0.25) is 24.0 Å². The summed E-state index contributed by atoms with van der Waals surface area (Å²) in [4.78, 5) is 84.5. The molecule has 0 aliphatic carbocycles. The largest absolute Gasteiger partial charge is 0.481 e. The molecule has 2 aliphatic heterocycles. The van der Waals surface area contributed by atoms with Crippen LogP contribution in [0.25, 0.3) is 0 Å². The molecule has 2 saturated heterocycles. The highest BCUT2D eigenvalue weighted by atomic mass is 32.2. The number of carbonyl (C=O) groups is 6. The van der Waals surface area contributed by atoms with Crippen LogP contribution < -0.4 is 11.1 Å². The summed E-state index contributed by atoms with van der Waals surface area (Å²) in [5.74, 6) is -5.06. The van der Waals surface area contributed by atoms with E-state index in [1.165, 1.54) is 25.7 Å².